The maximum Gasteiger partial charge on any atom is 0.222 e. The number of hydrogen-bond acceptors (Lipinski definition) is 5. The molecule has 2 aliphatic rings. The third-order valence-electron chi connectivity index (χ3n) is 3.95. The lowest BCUT2D eigenvalue weighted by Crippen LogP contribution is -2.50. The molecule has 8 heteroatoms. The molecular formula is C13H24N2O3S3. The topological polar surface area (TPSA) is 57.7 Å². The second-order valence-corrected chi connectivity index (χ2v) is 10.4. The van der Waals surface area contributed by atoms with Crippen molar-refractivity contribution < 1.29 is 13.2 Å². The van der Waals surface area contributed by atoms with Crippen LogP contribution in [-0.2, 0) is 14.8 Å². The minimum atomic E-state index is -3.11. The summed E-state index contributed by atoms with van der Waals surface area (Å²) in [4.78, 5) is 13.9. The number of carbonyl (C=O) groups excluding carboxylic acids is 1. The summed E-state index contributed by atoms with van der Waals surface area (Å²) >= 11 is 0. The number of nitrogens with zero attached hydrogens (tertiary/aromatic N) is 2. The van der Waals surface area contributed by atoms with Crippen LogP contribution in [0.2, 0.25) is 0 Å². The minimum absolute atomic E-state index is 0.177. The Bertz CT molecular complexity index is 442. The molecule has 5 nitrogen and oxygen atoms in total. The van der Waals surface area contributed by atoms with E-state index in [4.69, 9.17) is 0 Å². The van der Waals surface area contributed by atoms with E-state index in [9.17, 15) is 13.2 Å². The molecule has 2 fully saturated rings. The van der Waals surface area contributed by atoms with Gasteiger partial charge in [0.2, 0.25) is 15.9 Å². The molecule has 1 atom stereocenters. The Balaban J connectivity index is 1.61. The van der Waals surface area contributed by atoms with Crippen LogP contribution in [-0.4, -0.2) is 67.0 Å². The van der Waals surface area contributed by atoms with Gasteiger partial charge < -0.3 is 4.90 Å². The third kappa shape index (κ3) is 5.65. The van der Waals surface area contributed by atoms with Crippen LogP contribution in [0.3, 0.4) is 0 Å². The van der Waals surface area contributed by atoms with Gasteiger partial charge in [0.25, 0.3) is 0 Å². The van der Waals surface area contributed by atoms with Crippen LogP contribution in [0.15, 0.2) is 0 Å². The van der Waals surface area contributed by atoms with E-state index in [0.29, 0.717) is 32.6 Å². The van der Waals surface area contributed by atoms with E-state index < -0.39 is 10.0 Å². The van der Waals surface area contributed by atoms with Crippen molar-refractivity contribution in [3.05, 3.63) is 0 Å². The van der Waals surface area contributed by atoms with E-state index in [1.807, 2.05) is 26.5 Å². The summed E-state index contributed by atoms with van der Waals surface area (Å²) in [6, 6.07) is 0. The van der Waals surface area contributed by atoms with Gasteiger partial charge in [0.15, 0.2) is 0 Å². The van der Waals surface area contributed by atoms with Gasteiger partial charge in [-0.1, -0.05) is 28.0 Å². The van der Waals surface area contributed by atoms with E-state index in [-0.39, 0.29) is 5.91 Å². The molecule has 0 aliphatic carbocycles. The van der Waals surface area contributed by atoms with Crippen LogP contribution < -0.4 is 0 Å². The zero-order chi connectivity index (χ0) is 15.3. The molecule has 0 bridgehead atoms. The molecule has 21 heavy (non-hydrogen) atoms. The van der Waals surface area contributed by atoms with Gasteiger partial charge >= 0.3 is 0 Å². The van der Waals surface area contributed by atoms with Crippen LogP contribution >= 0.6 is 21.6 Å². The second-order valence-electron chi connectivity index (χ2n) is 5.62. The van der Waals surface area contributed by atoms with Crippen molar-refractivity contribution in [1.29, 1.82) is 0 Å². The van der Waals surface area contributed by atoms with Crippen molar-refractivity contribution in [3.63, 3.8) is 0 Å². The van der Waals surface area contributed by atoms with Gasteiger partial charge in [-0.3, -0.25) is 4.79 Å². The molecule has 0 aromatic rings. The minimum Gasteiger partial charge on any atom is -0.340 e. The Kier molecular flexibility index (Phi) is 6.71. The molecule has 122 valence electrons. The standard InChI is InChI=1S/C13H24N2O3S3/c1-21(17,18)15-9-7-14(8-10-15)13(16)5-3-2-4-12-6-11-19-20-12/h12H,2-11H2,1H3/t12-/m1/s1. The number of rotatable bonds is 6. The van der Waals surface area contributed by atoms with Gasteiger partial charge in [0, 0.05) is 43.6 Å². The molecule has 2 aliphatic heterocycles. The molecular weight excluding hydrogens is 328 g/mol. The summed E-state index contributed by atoms with van der Waals surface area (Å²) in [5.74, 6) is 1.44. The lowest BCUT2D eigenvalue weighted by molar-refractivity contribution is -0.132. The summed E-state index contributed by atoms with van der Waals surface area (Å²) in [5.41, 5.74) is 0. The number of unbranched alkanes of at least 4 members (excludes halogenated alkanes) is 1. The Morgan fingerprint density at radius 2 is 1.90 bits per heavy atom. The van der Waals surface area contributed by atoms with Gasteiger partial charge in [-0.2, -0.15) is 4.31 Å². The van der Waals surface area contributed by atoms with Crippen LogP contribution in [0.1, 0.15) is 32.1 Å². The predicted octanol–water partition coefficient (Wildman–Crippen LogP) is 1.80. The summed E-state index contributed by atoms with van der Waals surface area (Å²) < 4.78 is 24.3. The zero-order valence-corrected chi connectivity index (χ0v) is 14.9. The van der Waals surface area contributed by atoms with E-state index in [2.05, 4.69) is 0 Å². The predicted molar refractivity (Wildman–Crippen MR) is 89.9 cm³/mol. The first-order valence-corrected chi connectivity index (χ1v) is 11.7. The molecule has 0 N–H and O–H groups in total. The van der Waals surface area contributed by atoms with Crippen molar-refractivity contribution in [1.82, 2.24) is 9.21 Å². The molecule has 0 aromatic heterocycles. The molecule has 2 heterocycles. The van der Waals surface area contributed by atoms with Crippen LogP contribution in [0, 0.1) is 0 Å². The molecule has 0 spiro atoms. The fourth-order valence-electron chi connectivity index (χ4n) is 2.64. The maximum atomic E-state index is 12.1. The van der Waals surface area contributed by atoms with Crippen molar-refractivity contribution in [2.45, 2.75) is 37.4 Å². The van der Waals surface area contributed by atoms with Crippen LogP contribution in [0.5, 0.6) is 0 Å². The van der Waals surface area contributed by atoms with Gasteiger partial charge in [-0.15, -0.1) is 0 Å². The first-order chi connectivity index (χ1) is 9.97. The highest BCUT2D eigenvalue weighted by Gasteiger charge is 2.25. The lowest BCUT2D eigenvalue weighted by atomic mass is 10.1. The van der Waals surface area contributed by atoms with E-state index in [1.165, 1.54) is 29.2 Å². The first-order valence-electron chi connectivity index (χ1n) is 7.48. The smallest absolute Gasteiger partial charge is 0.222 e. The zero-order valence-electron chi connectivity index (χ0n) is 12.5. The number of amides is 1. The summed E-state index contributed by atoms with van der Waals surface area (Å²) in [6.07, 6.45) is 6.41. The molecule has 0 unspecified atom stereocenters. The van der Waals surface area contributed by atoms with Crippen LogP contribution in [0.4, 0.5) is 0 Å². The number of piperazine rings is 1. The van der Waals surface area contributed by atoms with Gasteiger partial charge in [0.1, 0.15) is 0 Å². The van der Waals surface area contributed by atoms with Crippen molar-refractivity contribution >= 4 is 37.5 Å². The lowest BCUT2D eigenvalue weighted by Gasteiger charge is -2.33. The monoisotopic (exact) mass is 352 g/mol. The van der Waals surface area contributed by atoms with Crippen molar-refractivity contribution in [3.8, 4) is 0 Å². The Hall–Kier alpha value is 0.0800. The average Bonchev–Trinajstić information content (AvgIpc) is 2.96. The van der Waals surface area contributed by atoms with E-state index in [1.54, 1.807) is 0 Å². The molecule has 0 aromatic carbocycles. The molecule has 0 radical (unpaired) electrons. The Labute approximate surface area is 135 Å². The highest BCUT2D eigenvalue weighted by Crippen LogP contribution is 2.39. The first kappa shape index (κ1) is 17.4. The summed E-state index contributed by atoms with van der Waals surface area (Å²) in [6.45, 7) is 1.92. The average molecular weight is 353 g/mol. The fraction of sp³-hybridized carbons (Fsp3) is 0.923. The molecule has 1 amide bonds. The number of hydrogen-bond donors (Lipinski definition) is 0. The van der Waals surface area contributed by atoms with Gasteiger partial charge in [0.05, 0.1) is 6.26 Å². The van der Waals surface area contributed by atoms with E-state index in [0.717, 1.165) is 18.1 Å². The highest BCUT2D eigenvalue weighted by molar-refractivity contribution is 8.77. The van der Waals surface area contributed by atoms with Gasteiger partial charge in [-0.25, -0.2) is 8.42 Å². The fourth-order valence-corrected chi connectivity index (χ4v) is 6.49. The maximum absolute atomic E-state index is 12.1. The van der Waals surface area contributed by atoms with Gasteiger partial charge in [-0.05, 0) is 19.3 Å². The summed E-state index contributed by atoms with van der Waals surface area (Å²) in [5, 5.41) is 0.781. The number of carbonyl (C=O) groups is 1. The van der Waals surface area contributed by atoms with E-state index >= 15 is 0 Å². The Morgan fingerprint density at radius 1 is 1.19 bits per heavy atom. The SMILES string of the molecule is CS(=O)(=O)N1CCN(C(=O)CCCC[C@@H]2CCSS2)CC1. The molecule has 2 saturated heterocycles. The summed E-state index contributed by atoms with van der Waals surface area (Å²) in [7, 11) is 0.835. The number of sulfonamides is 1. The quantitative estimate of drug-likeness (QED) is 0.539. The van der Waals surface area contributed by atoms with Crippen molar-refractivity contribution in [2.24, 2.45) is 0 Å². The van der Waals surface area contributed by atoms with Crippen molar-refractivity contribution in [2.75, 3.05) is 38.2 Å². The normalized spacial score (nSPS) is 24.4. The second kappa shape index (κ2) is 8.08. The molecule has 0 saturated carbocycles. The third-order valence-corrected chi connectivity index (χ3v) is 8.26. The Morgan fingerprint density at radius 3 is 2.48 bits per heavy atom. The molecule has 2 rings (SSSR count). The highest BCUT2D eigenvalue weighted by atomic mass is 33.1. The van der Waals surface area contributed by atoms with Crippen LogP contribution in [0.25, 0.3) is 0 Å². The largest absolute Gasteiger partial charge is 0.340 e.